The van der Waals surface area contributed by atoms with Crippen LogP contribution < -0.4 is 4.74 Å². The van der Waals surface area contributed by atoms with Crippen molar-refractivity contribution < 1.29 is 14.3 Å². The first kappa shape index (κ1) is 24.0. The molecule has 5 nitrogen and oxygen atoms in total. The third-order valence-corrected chi connectivity index (χ3v) is 5.05. The average Bonchev–Trinajstić information content (AvgIpc) is 2.77. The largest absolute Gasteiger partial charge is 0.425 e. The average molecular weight is 413 g/mol. The van der Waals surface area contributed by atoms with Crippen LogP contribution in [0.15, 0.2) is 36.7 Å². The molecule has 1 aromatic heterocycles. The molecule has 30 heavy (non-hydrogen) atoms. The van der Waals surface area contributed by atoms with Crippen molar-refractivity contribution in [3.05, 3.63) is 42.2 Å². The molecule has 1 unspecified atom stereocenters. The maximum Gasteiger partial charge on any atom is 0.340 e. The summed E-state index contributed by atoms with van der Waals surface area (Å²) in [4.78, 5) is 21.1. The van der Waals surface area contributed by atoms with Crippen LogP contribution >= 0.6 is 0 Å². The summed E-state index contributed by atoms with van der Waals surface area (Å²) in [5, 5.41) is 0. The SMILES string of the molecule is CCCCCCCc1cnc(-c2ccc(OC(=O)C(C)OCCCCC)cc2)nc1. The number of unbranched alkanes of at least 4 members (excludes halogenated alkanes) is 6. The fourth-order valence-corrected chi connectivity index (χ4v) is 3.12. The number of hydrogen-bond donors (Lipinski definition) is 0. The van der Waals surface area contributed by atoms with Crippen molar-refractivity contribution >= 4 is 5.97 Å². The van der Waals surface area contributed by atoms with Gasteiger partial charge in [0.15, 0.2) is 11.9 Å². The van der Waals surface area contributed by atoms with E-state index in [-0.39, 0.29) is 5.97 Å². The van der Waals surface area contributed by atoms with Gasteiger partial charge in [-0.25, -0.2) is 14.8 Å². The van der Waals surface area contributed by atoms with Gasteiger partial charge in [-0.1, -0.05) is 52.4 Å². The smallest absolute Gasteiger partial charge is 0.340 e. The summed E-state index contributed by atoms with van der Waals surface area (Å²) in [5.41, 5.74) is 2.07. The molecule has 0 saturated heterocycles. The lowest BCUT2D eigenvalue weighted by atomic mass is 10.1. The van der Waals surface area contributed by atoms with Gasteiger partial charge < -0.3 is 9.47 Å². The molecule has 0 aliphatic carbocycles. The van der Waals surface area contributed by atoms with Crippen LogP contribution in [0.5, 0.6) is 5.75 Å². The molecular formula is C25H36N2O3. The number of carbonyl (C=O) groups is 1. The second-order valence-corrected chi connectivity index (χ2v) is 7.74. The molecule has 0 aliphatic rings. The van der Waals surface area contributed by atoms with E-state index >= 15 is 0 Å². The van der Waals surface area contributed by atoms with Gasteiger partial charge in [-0.2, -0.15) is 0 Å². The summed E-state index contributed by atoms with van der Waals surface area (Å²) < 4.78 is 10.9. The minimum absolute atomic E-state index is 0.376. The van der Waals surface area contributed by atoms with E-state index in [4.69, 9.17) is 9.47 Å². The van der Waals surface area contributed by atoms with E-state index in [0.29, 0.717) is 18.2 Å². The number of hydrogen-bond acceptors (Lipinski definition) is 5. The van der Waals surface area contributed by atoms with E-state index in [2.05, 4.69) is 23.8 Å². The molecule has 0 amide bonds. The Morgan fingerprint density at radius 3 is 2.20 bits per heavy atom. The fourth-order valence-electron chi connectivity index (χ4n) is 3.12. The zero-order valence-electron chi connectivity index (χ0n) is 18.7. The van der Waals surface area contributed by atoms with E-state index in [1.807, 2.05) is 24.5 Å². The molecule has 0 saturated carbocycles. The maximum absolute atomic E-state index is 12.1. The summed E-state index contributed by atoms with van der Waals surface area (Å²) in [5.74, 6) is 0.797. The second-order valence-electron chi connectivity index (χ2n) is 7.74. The monoisotopic (exact) mass is 412 g/mol. The summed E-state index contributed by atoms with van der Waals surface area (Å²) in [7, 11) is 0. The summed E-state index contributed by atoms with van der Waals surface area (Å²) in [6.07, 6.45) is 13.8. The highest BCUT2D eigenvalue weighted by molar-refractivity contribution is 5.77. The molecule has 0 bridgehead atoms. The van der Waals surface area contributed by atoms with Crippen molar-refractivity contribution in [3.8, 4) is 17.1 Å². The topological polar surface area (TPSA) is 61.3 Å². The fraction of sp³-hybridized carbons (Fsp3) is 0.560. The highest BCUT2D eigenvalue weighted by Crippen LogP contribution is 2.20. The van der Waals surface area contributed by atoms with Gasteiger partial charge in [0.05, 0.1) is 0 Å². The molecule has 2 aromatic rings. The summed E-state index contributed by atoms with van der Waals surface area (Å²) in [6.45, 7) is 6.67. The minimum Gasteiger partial charge on any atom is -0.425 e. The van der Waals surface area contributed by atoms with E-state index in [9.17, 15) is 4.79 Å². The Hall–Kier alpha value is -2.27. The van der Waals surface area contributed by atoms with Gasteiger partial charge in [-0.15, -0.1) is 0 Å². The Balaban J connectivity index is 1.81. The van der Waals surface area contributed by atoms with Crippen molar-refractivity contribution in [3.63, 3.8) is 0 Å². The van der Waals surface area contributed by atoms with E-state index < -0.39 is 6.10 Å². The molecule has 0 spiro atoms. The quantitative estimate of drug-likeness (QED) is 0.211. The van der Waals surface area contributed by atoms with Crippen LogP contribution in [-0.2, 0) is 16.0 Å². The molecule has 0 aliphatic heterocycles. The van der Waals surface area contributed by atoms with Crippen molar-refractivity contribution in [2.75, 3.05) is 6.61 Å². The number of aryl methyl sites for hydroxylation is 1. The molecular weight excluding hydrogens is 376 g/mol. The molecule has 0 radical (unpaired) electrons. The van der Waals surface area contributed by atoms with Crippen LogP contribution in [0.4, 0.5) is 0 Å². The Morgan fingerprint density at radius 1 is 0.900 bits per heavy atom. The van der Waals surface area contributed by atoms with E-state index in [0.717, 1.165) is 31.2 Å². The van der Waals surface area contributed by atoms with Crippen molar-refractivity contribution in [1.29, 1.82) is 0 Å². The van der Waals surface area contributed by atoms with E-state index in [1.54, 1.807) is 19.1 Å². The Morgan fingerprint density at radius 2 is 1.53 bits per heavy atom. The van der Waals surface area contributed by atoms with Crippen molar-refractivity contribution in [2.45, 2.75) is 84.7 Å². The molecule has 1 aromatic carbocycles. The second kappa shape index (κ2) is 13.9. The Bertz CT molecular complexity index is 729. The van der Waals surface area contributed by atoms with Crippen molar-refractivity contribution in [1.82, 2.24) is 9.97 Å². The number of carbonyl (C=O) groups excluding carboxylic acids is 1. The third-order valence-electron chi connectivity index (χ3n) is 5.05. The van der Waals surface area contributed by atoms with Crippen LogP contribution in [-0.4, -0.2) is 28.6 Å². The lowest BCUT2D eigenvalue weighted by Crippen LogP contribution is -2.26. The third kappa shape index (κ3) is 8.62. The normalized spacial score (nSPS) is 12.0. The number of aromatic nitrogens is 2. The predicted molar refractivity (Wildman–Crippen MR) is 121 cm³/mol. The van der Waals surface area contributed by atoms with Crippen LogP contribution in [0.2, 0.25) is 0 Å². The molecule has 1 heterocycles. The number of nitrogens with zero attached hydrogens (tertiary/aromatic N) is 2. The summed E-state index contributed by atoms with van der Waals surface area (Å²) in [6, 6.07) is 7.27. The van der Waals surface area contributed by atoms with Gasteiger partial charge in [-0.05, 0) is 56.0 Å². The molecule has 0 N–H and O–H groups in total. The van der Waals surface area contributed by atoms with Gasteiger partial charge in [0, 0.05) is 24.6 Å². The molecule has 2 rings (SSSR count). The number of esters is 1. The lowest BCUT2D eigenvalue weighted by molar-refractivity contribution is -0.146. The van der Waals surface area contributed by atoms with Crippen molar-refractivity contribution in [2.24, 2.45) is 0 Å². The molecule has 5 heteroatoms. The predicted octanol–water partition coefficient (Wildman–Crippen LogP) is 6.16. The Labute approximate surface area is 181 Å². The zero-order valence-corrected chi connectivity index (χ0v) is 18.7. The van der Waals surface area contributed by atoms with Crippen LogP contribution in [0, 0.1) is 0 Å². The van der Waals surface area contributed by atoms with Gasteiger partial charge in [-0.3, -0.25) is 0 Å². The molecule has 1 atom stereocenters. The number of rotatable bonds is 14. The maximum atomic E-state index is 12.1. The summed E-state index contributed by atoms with van der Waals surface area (Å²) >= 11 is 0. The van der Waals surface area contributed by atoms with Gasteiger partial charge in [0.1, 0.15) is 5.75 Å². The Kier molecular flexibility index (Phi) is 11.1. The first-order valence-electron chi connectivity index (χ1n) is 11.4. The highest BCUT2D eigenvalue weighted by Gasteiger charge is 2.16. The lowest BCUT2D eigenvalue weighted by Gasteiger charge is -2.12. The molecule has 0 fully saturated rings. The van der Waals surface area contributed by atoms with E-state index in [1.165, 1.54) is 37.7 Å². The first-order chi connectivity index (χ1) is 14.6. The van der Waals surface area contributed by atoms with Gasteiger partial charge >= 0.3 is 5.97 Å². The highest BCUT2D eigenvalue weighted by atomic mass is 16.6. The number of ether oxygens (including phenoxy) is 2. The van der Waals surface area contributed by atoms with Crippen LogP contribution in [0.1, 0.15) is 77.7 Å². The van der Waals surface area contributed by atoms with Gasteiger partial charge in [0.2, 0.25) is 0 Å². The minimum atomic E-state index is -0.570. The van der Waals surface area contributed by atoms with Crippen LogP contribution in [0.25, 0.3) is 11.4 Å². The molecule has 164 valence electrons. The van der Waals surface area contributed by atoms with Gasteiger partial charge in [0.25, 0.3) is 0 Å². The standard InChI is InChI=1S/C25H36N2O3/c1-4-6-8-9-10-12-21-18-26-24(27-19-21)22-13-15-23(16-14-22)30-25(28)20(3)29-17-11-7-5-2/h13-16,18-20H,4-12,17H2,1-3H3. The van der Waals surface area contributed by atoms with Crippen LogP contribution in [0.3, 0.4) is 0 Å². The zero-order chi connectivity index (χ0) is 21.6. The first-order valence-corrected chi connectivity index (χ1v) is 11.4. The number of benzene rings is 1.